The summed E-state index contributed by atoms with van der Waals surface area (Å²) in [5.41, 5.74) is 2.93. The van der Waals surface area contributed by atoms with Crippen molar-refractivity contribution < 1.29 is 23.8 Å². The molecule has 27 heavy (non-hydrogen) atoms. The van der Waals surface area contributed by atoms with E-state index in [-0.39, 0.29) is 31.4 Å². The van der Waals surface area contributed by atoms with Gasteiger partial charge >= 0.3 is 12.1 Å². The maximum absolute atomic E-state index is 11.9. The van der Waals surface area contributed by atoms with E-state index in [1.165, 1.54) is 4.80 Å². The zero-order chi connectivity index (χ0) is 19.2. The summed E-state index contributed by atoms with van der Waals surface area (Å²) in [5.74, 6) is -0.0962. The van der Waals surface area contributed by atoms with E-state index in [1.807, 2.05) is 37.3 Å². The van der Waals surface area contributed by atoms with Crippen molar-refractivity contribution in [2.75, 3.05) is 13.2 Å². The molecule has 0 radical (unpaired) electrons. The van der Waals surface area contributed by atoms with Crippen molar-refractivity contribution in [1.29, 1.82) is 0 Å². The van der Waals surface area contributed by atoms with Gasteiger partial charge in [0, 0.05) is 6.42 Å². The molecule has 3 rings (SSSR count). The highest BCUT2D eigenvalue weighted by atomic mass is 16.7. The van der Waals surface area contributed by atoms with Gasteiger partial charge in [0.05, 0.1) is 0 Å². The van der Waals surface area contributed by atoms with Gasteiger partial charge in [-0.2, -0.15) is 0 Å². The Labute approximate surface area is 155 Å². The normalized spacial score (nSPS) is 10.6. The fourth-order valence-corrected chi connectivity index (χ4v) is 2.34. The quantitative estimate of drug-likeness (QED) is 0.374. The first-order valence-electron chi connectivity index (χ1n) is 8.50. The minimum atomic E-state index is -0.899. The number of hydrogen-bond acceptors (Lipinski definition) is 7. The molecule has 0 bridgehead atoms. The second-order valence-electron chi connectivity index (χ2n) is 5.72. The summed E-state index contributed by atoms with van der Waals surface area (Å²) in [6.45, 7) is 3.49. The van der Waals surface area contributed by atoms with Crippen LogP contribution in [0.5, 0.6) is 5.75 Å². The van der Waals surface area contributed by atoms with Crippen molar-refractivity contribution >= 4 is 23.2 Å². The van der Waals surface area contributed by atoms with E-state index in [2.05, 4.69) is 10.2 Å². The van der Waals surface area contributed by atoms with Gasteiger partial charge in [0.25, 0.3) is 0 Å². The number of benzene rings is 2. The first-order chi connectivity index (χ1) is 13.1. The van der Waals surface area contributed by atoms with Crippen molar-refractivity contribution in [3.63, 3.8) is 0 Å². The molecular formula is C19H19N3O5. The zero-order valence-electron chi connectivity index (χ0n) is 15.0. The number of esters is 1. The summed E-state index contributed by atoms with van der Waals surface area (Å²) in [6, 6.07) is 12.7. The van der Waals surface area contributed by atoms with Crippen LogP contribution in [0.4, 0.5) is 4.79 Å². The van der Waals surface area contributed by atoms with E-state index in [4.69, 9.17) is 14.2 Å². The second kappa shape index (κ2) is 8.31. The number of ether oxygens (including phenoxy) is 3. The lowest BCUT2D eigenvalue weighted by Gasteiger charge is -2.10. The maximum atomic E-state index is 11.9. The lowest BCUT2D eigenvalue weighted by molar-refractivity contribution is -0.144. The van der Waals surface area contributed by atoms with Crippen molar-refractivity contribution in [2.45, 2.75) is 20.3 Å². The molecule has 1 heterocycles. The Morgan fingerprint density at radius 3 is 2.33 bits per heavy atom. The van der Waals surface area contributed by atoms with Crippen molar-refractivity contribution in [3.05, 3.63) is 48.0 Å². The third kappa shape index (κ3) is 4.60. The number of rotatable bonds is 6. The molecule has 0 fully saturated rings. The predicted octanol–water partition coefficient (Wildman–Crippen LogP) is 3.20. The molecule has 2 aromatic carbocycles. The molecule has 140 valence electrons. The minimum Gasteiger partial charge on any atom is -0.462 e. The van der Waals surface area contributed by atoms with Crippen LogP contribution in [0.3, 0.4) is 0 Å². The Hall–Kier alpha value is -3.42. The lowest BCUT2D eigenvalue weighted by Crippen LogP contribution is -2.17. The highest BCUT2D eigenvalue weighted by Crippen LogP contribution is 2.24. The van der Waals surface area contributed by atoms with Crippen LogP contribution in [0.1, 0.15) is 18.9 Å². The fraction of sp³-hybridized carbons (Fsp3) is 0.263. The van der Waals surface area contributed by atoms with Crippen LogP contribution in [0.2, 0.25) is 0 Å². The van der Waals surface area contributed by atoms with Gasteiger partial charge in [-0.3, -0.25) is 4.79 Å². The summed E-state index contributed by atoms with van der Waals surface area (Å²) in [4.78, 5) is 24.4. The molecule has 0 amide bonds. The van der Waals surface area contributed by atoms with E-state index in [9.17, 15) is 9.59 Å². The van der Waals surface area contributed by atoms with Crippen LogP contribution in [0, 0.1) is 6.92 Å². The minimum absolute atomic E-state index is 0.0192. The van der Waals surface area contributed by atoms with Gasteiger partial charge in [-0.05, 0) is 36.8 Å². The number of nitrogens with zero attached hydrogens (tertiary/aromatic N) is 3. The summed E-state index contributed by atoms with van der Waals surface area (Å²) >= 11 is 0. The highest BCUT2D eigenvalue weighted by molar-refractivity contribution is 5.74. The number of fused-ring (bicyclic) bond motifs is 1. The first kappa shape index (κ1) is 18.4. The molecule has 0 unspecified atom stereocenters. The van der Waals surface area contributed by atoms with Crippen LogP contribution >= 0.6 is 0 Å². The molecule has 0 aliphatic rings. The van der Waals surface area contributed by atoms with E-state index >= 15 is 0 Å². The Kier molecular flexibility index (Phi) is 5.65. The summed E-state index contributed by atoms with van der Waals surface area (Å²) < 4.78 is 15.1. The molecule has 0 saturated heterocycles. The molecule has 1 aromatic heterocycles. The number of carbonyl (C=O) groups excluding carboxylic acids is 2. The summed E-state index contributed by atoms with van der Waals surface area (Å²) in [5, 5.41) is 8.82. The van der Waals surface area contributed by atoms with Crippen molar-refractivity contribution in [3.8, 4) is 11.4 Å². The molecule has 3 aromatic rings. The van der Waals surface area contributed by atoms with Gasteiger partial charge in [-0.1, -0.05) is 25.1 Å². The van der Waals surface area contributed by atoms with Crippen molar-refractivity contribution in [1.82, 2.24) is 15.0 Å². The van der Waals surface area contributed by atoms with Gasteiger partial charge in [0.15, 0.2) is 5.75 Å². The monoisotopic (exact) mass is 369 g/mol. The van der Waals surface area contributed by atoms with Crippen LogP contribution < -0.4 is 4.74 Å². The summed E-state index contributed by atoms with van der Waals surface area (Å²) in [6.07, 6.45) is -0.632. The molecule has 0 saturated carbocycles. The topological polar surface area (TPSA) is 92.5 Å². The van der Waals surface area contributed by atoms with E-state index in [1.54, 1.807) is 19.1 Å². The SMILES string of the molecule is CCC(=O)OCCOC(=O)Oc1ccc(C)cc1-n1nc2ccccc2n1. The molecule has 0 aliphatic heterocycles. The number of carbonyl (C=O) groups is 2. The number of hydrogen-bond donors (Lipinski definition) is 0. The highest BCUT2D eigenvalue weighted by Gasteiger charge is 2.15. The van der Waals surface area contributed by atoms with Gasteiger partial charge in [-0.15, -0.1) is 15.0 Å². The fourth-order valence-electron chi connectivity index (χ4n) is 2.34. The van der Waals surface area contributed by atoms with E-state index in [0.717, 1.165) is 16.6 Å². The number of aryl methyl sites for hydroxylation is 1. The lowest BCUT2D eigenvalue weighted by atomic mass is 10.2. The average Bonchev–Trinajstić information content (AvgIpc) is 3.10. The zero-order valence-corrected chi connectivity index (χ0v) is 15.0. The largest absolute Gasteiger partial charge is 0.514 e. The third-order valence-corrected chi connectivity index (χ3v) is 3.66. The Morgan fingerprint density at radius 1 is 1.00 bits per heavy atom. The third-order valence-electron chi connectivity index (χ3n) is 3.66. The average molecular weight is 369 g/mol. The van der Waals surface area contributed by atoms with Gasteiger partial charge in [0.1, 0.15) is 29.9 Å². The number of aromatic nitrogens is 3. The Bertz CT molecular complexity index is 934. The van der Waals surface area contributed by atoms with Crippen LogP contribution in [-0.2, 0) is 14.3 Å². The smallest absolute Gasteiger partial charge is 0.462 e. The predicted molar refractivity (Wildman–Crippen MR) is 96.8 cm³/mol. The van der Waals surface area contributed by atoms with Crippen LogP contribution in [0.15, 0.2) is 42.5 Å². The maximum Gasteiger partial charge on any atom is 0.514 e. The van der Waals surface area contributed by atoms with Gasteiger partial charge in [0.2, 0.25) is 0 Å². The van der Waals surface area contributed by atoms with Gasteiger partial charge in [-0.25, -0.2) is 4.79 Å². The van der Waals surface area contributed by atoms with Crippen LogP contribution in [-0.4, -0.2) is 40.3 Å². The molecule has 8 heteroatoms. The van der Waals surface area contributed by atoms with E-state index < -0.39 is 6.16 Å². The standard InChI is InChI=1S/C19H19N3O5/c1-3-18(23)25-10-11-26-19(24)27-17-9-8-13(2)12-16(17)22-20-14-6-4-5-7-15(14)21-22/h4-9,12H,3,10-11H2,1-2H3. The second-order valence-corrected chi connectivity index (χ2v) is 5.72. The van der Waals surface area contributed by atoms with Crippen molar-refractivity contribution in [2.24, 2.45) is 0 Å². The molecule has 0 atom stereocenters. The van der Waals surface area contributed by atoms with Crippen LogP contribution in [0.25, 0.3) is 16.7 Å². The van der Waals surface area contributed by atoms with Gasteiger partial charge < -0.3 is 14.2 Å². The molecule has 8 nitrogen and oxygen atoms in total. The molecule has 0 aliphatic carbocycles. The molecule has 0 spiro atoms. The Balaban J connectivity index is 1.72. The molecule has 0 N–H and O–H groups in total. The molecular weight excluding hydrogens is 350 g/mol. The van der Waals surface area contributed by atoms with E-state index in [0.29, 0.717) is 5.69 Å². The first-order valence-corrected chi connectivity index (χ1v) is 8.50. The Morgan fingerprint density at radius 2 is 1.67 bits per heavy atom. The summed E-state index contributed by atoms with van der Waals surface area (Å²) in [7, 11) is 0.